The smallest absolute Gasteiger partial charge is 0.333 e. The molecule has 0 bridgehead atoms. The summed E-state index contributed by atoms with van der Waals surface area (Å²) in [4.78, 5) is 25.9. The second kappa shape index (κ2) is 15.9. The van der Waals surface area contributed by atoms with Gasteiger partial charge in [0.05, 0.1) is 10.6 Å². The highest BCUT2D eigenvalue weighted by Crippen LogP contribution is 2.46. The summed E-state index contributed by atoms with van der Waals surface area (Å²) in [6.07, 6.45) is 6.50. The van der Waals surface area contributed by atoms with Crippen molar-refractivity contribution in [2.75, 3.05) is 0 Å². The van der Waals surface area contributed by atoms with Crippen LogP contribution in [-0.4, -0.2) is 36.2 Å². The molecule has 0 fully saturated rings. The molecule has 10 aromatic rings. The Morgan fingerprint density at radius 2 is 1.33 bits per heavy atom. The SMILES string of the molecule is O=C(CCCCC[n+]1ccc(-c2nc(-c3ccc(-c4cccc5ccccc45)s3)c3nonc3c2-c2cc(-c3cccc4ccccc34)cs2)cc1)On1c(O)ccc1O. The summed E-state index contributed by atoms with van der Waals surface area (Å²) in [5.74, 6) is -1.20. The Kier molecular flexibility index (Phi) is 9.84. The number of unbranched alkanes of at least 4 members (excludes halogenated alkanes) is 2. The van der Waals surface area contributed by atoms with Crippen molar-refractivity contribution < 1.29 is 29.0 Å². The lowest BCUT2D eigenvalue weighted by atomic mass is 9.98. The van der Waals surface area contributed by atoms with E-state index in [1.807, 2.05) is 0 Å². The van der Waals surface area contributed by atoms with E-state index < -0.39 is 5.97 Å². The van der Waals surface area contributed by atoms with Gasteiger partial charge in [0.2, 0.25) is 11.8 Å². The molecule has 0 aliphatic heterocycles. The zero-order valence-electron chi connectivity index (χ0n) is 32.1. The maximum atomic E-state index is 12.3. The number of thiophene rings is 2. The molecule has 0 radical (unpaired) electrons. The number of carbonyl (C=O) groups is 1. The third-order valence-corrected chi connectivity index (χ3v) is 12.8. The molecule has 10 rings (SSSR count). The highest BCUT2D eigenvalue weighted by atomic mass is 32.1. The molecule has 294 valence electrons. The average Bonchev–Trinajstić information content (AvgIpc) is 4.13. The third kappa shape index (κ3) is 7.05. The van der Waals surface area contributed by atoms with E-state index in [-0.39, 0.29) is 18.2 Å². The molecule has 0 saturated carbocycles. The second-order valence-corrected chi connectivity index (χ2v) is 16.5. The maximum absolute atomic E-state index is 12.3. The van der Waals surface area contributed by atoms with Gasteiger partial charge in [-0.15, -0.1) is 27.4 Å². The van der Waals surface area contributed by atoms with Crippen molar-refractivity contribution in [2.24, 2.45) is 0 Å². The van der Waals surface area contributed by atoms with Crippen LogP contribution < -0.4 is 9.40 Å². The Labute approximate surface area is 351 Å². The van der Waals surface area contributed by atoms with Gasteiger partial charge < -0.3 is 15.1 Å². The lowest BCUT2D eigenvalue weighted by molar-refractivity contribution is -0.697. The molecule has 6 heterocycles. The van der Waals surface area contributed by atoms with Gasteiger partial charge in [0, 0.05) is 58.0 Å². The minimum absolute atomic E-state index is 0.162. The molecule has 12 heteroatoms. The summed E-state index contributed by atoms with van der Waals surface area (Å²) in [5, 5.41) is 35.4. The van der Waals surface area contributed by atoms with E-state index >= 15 is 0 Å². The molecule has 0 saturated heterocycles. The van der Waals surface area contributed by atoms with Crippen LogP contribution in [0.15, 0.2) is 150 Å². The van der Waals surface area contributed by atoms with E-state index in [1.54, 1.807) is 22.7 Å². The molecule has 0 spiro atoms. The second-order valence-electron chi connectivity index (χ2n) is 14.5. The van der Waals surface area contributed by atoms with E-state index in [1.165, 1.54) is 39.2 Å². The van der Waals surface area contributed by atoms with Gasteiger partial charge in [-0.25, -0.2) is 19.0 Å². The summed E-state index contributed by atoms with van der Waals surface area (Å²) in [7, 11) is 0. The van der Waals surface area contributed by atoms with Gasteiger partial charge in [-0.2, -0.15) is 0 Å². The van der Waals surface area contributed by atoms with Gasteiger partial charge in [-0.05, 0) is 85.0 Å². The quantitative estimate of drug-likeness (QED) is 0.0921. The number of rotatable bonds is 12. The molecule has 0 atom stereocenters. The summed E-state index contributed by atoms with van der Waals surface area (Å²) in [6, 6.07) is 42.8. The van der Waals surface area contributed by atoms with Crippen LogP contribution >= 0.6 is 22.7 Å². The molecule has 0 aliphatic carbocycles. The lowest BCUT2D eigenvalue weighted by Gasteiger charge is -2.10. The number of carbonyl (C=O) groups excluding carboxylic acids is 1. The number of pyridine rings is 2. The van der Waals surface area contributed by atoms with Crippen molar-refractivity contribution in [1.82, 2.24) is 20.0 Å². The Bertz CT molecular complexity index is 3150. The van der Waals surface area contributed by atoms with E-state index in [9.17, 15) is 15.0 Å². The number of aromatic hydroxyl groups is 2. The Morgan fingerprint density at radius 3 is 2.10 bits per heavy atom. The topological polar surface area (TPSA) is 127 Å². The van der Waals surface area contributed by atoms with Crippen LogP contribution in [-0.2, 0) is 11.3 Å². The summed E-state index contributed by atoms with van der Waals surface area (Å²) in [6.45, 7) is 0.748. The van der Waals surface area contributed by atoms with Crippen molar-refractivity contribution in [2.45, 2.75) is 32.2 Å². The number of nitrogens with zero attached hydrogens (tertiary/aromatic N) is 5. The highest BCUT2D eigenvalue weighted by molar-refractivity contribution is 7.19. The van der Waals surface area contributed by atoms with Crippen molar-refractivity contribution in [3.63, 3.8) is 0 Å². The molecule has 60 heavy (non-hydrogen) atoms. The summed E-state index contributed by atoms with van der Waals surface area (Å²) >= 11 is 3.32. The predicted octanol–water partition coefficient (Wildman–Crippen LogP) is 11.1. The fraction of sp³-hybridized carbons (Fsp3) is 0.104. The fourth-order valence-electron chi connectivity index (χ4n) is 7.74. The molecule has 0 unspecified atom stereocenters. The van der Waals surface area contributed by atoms with Crippen LogP contribution in [0.1, 0.15) is 25.7 Å². The average molecular weight is 827 g/mol. The highest BCUT2D eigenvalue weighted by Gasteiger charge is 2.25. The first-order valence-corrected chi connectivity index (χ1v) is 21.3. The summed E-state index contributed by atoms with van der Waals surface area (Å²) in [5.41, 5.74) is 7.99. The van der Waals surface area contributed by atoms with Gasteiger partial charge in [0.1, 0.15) is 17.8 Å². The number of aryl methyl sites for hydroxylation is 1. The standard InChI is InChI=1S/C48H35N5O5S2/c54-41-21-22-42(55)53(41)57-43(56)18-2-1-7-25-52-26-23-32(24-27-52)45-44(40-28-33(29-59-40)36-16-8-12-30-10-3-5-14-34(30)36)47-48(51-58-50-47)46(49-45)39-20-19-38(60-39)37-17-9-13-31-11-4-6-15-35(31)37/h3-6,8-17,19-24,26-29,50H,1-2,7,18,25H2/p+1. The molecule has 4 aromatic carbocycles. The van der Waals surface area contributed by atoms with Gasteiger partial charge in [0.25, 0.3) is 0 Å². The number of hydrogen-bond donors (Lipinski definition) is 2. The Hall–Kier alpha value is -7.15. The van der Waals surface area contributed by atoms with Crippen molar-refractivity contribution in [3.8, 4) is 65.6 Å². The van der Waals surface area contributed by atoms with Crippen LogP contribution in [0, 0.1) is 0 Å². The molecule has 10 nitrogen and oxygen atoms in total. The maximum Gasteiger partial charge on any atom is 0.333 e. The number of hydrogen-bond acceptors (Lipinski definition) is 10. The number of benzene rings is 4. The third-order valence-electron chi connectivity index (χ3n) is 10.7. The van der Waals surface area contributed by atoms with Crippen molar-refractivity contribution in [3.05, 3.63) is 145 Å². The van der Waals surface area contributed by atoms with Gasteiger partial charge in [0.15, 0.2) is 17.9 Å². The van der Waals surface area contributed by atoms with Gasteiger partial charge in [-0.3, -0.25) is 0 Å². The molecule has 0 aliphatic rings. The first-order valence-electron chi connectivity index (χ1n) is 19.6. The molecule has 6 aromatic heterocycles. The van der Waals surface area contributed by atoms with Crippen LogP contribution in [0.2, 0.25) is 0 Å². The Morgan fingerprint density at radius 1 is 0.667 bits per heavy atom. The summed E-state index contributed by atoms with van der Waals surface area (Å²) < 4.78 is 8.36. The largest absolute Gasteiger partial charge is 0.492 e. The lowest BCUT2D eigenvalue weighted by Crippen LogP contribution is -2.32. The normalized spacial score (nSPS) is 11.5. The van der Waals surface area contributed by atoms with Crippen molar-refractivity contribution in [1.29, 1.82) is 0 Å². The molecule has 2 N–H and O–H groups in total. The monoisotopic (exact) mass is 826 g/mol. The van der Waals surface area contributed by atoms with Crippen LogP contribution in [0.4, 0.5) is 0 Å². The minimum Gasteiger partial charge on any atom is -0.492 e. The van der Waals surface area contributed by atoms with E-state index in [4.69, 9.17) is 14.5 Å². The molecular formula is C48H36N5O5S2+. The van der Waals surface area contributed by atoms with E-state index in [2.05, 4.69) is 148 Å². The number of fused-ring (bicyclic) bond motifs is 3. The van der Waals surface area contributed by atoms with Crippen LogP contribution in [0.5, 0.6) is 11.8 Å². The van der Waals surface area contributed by atoms with Gasteiger partial charge >= 0.3 is 5.97 Å². The molecular weight excluding hydrogens is 791 g/mol. The minimum atomic E-state index is -0.530. The zero-order valence-corrected chi connectivity index (χ0v) is 33.7. The van der Waals surface area contributed by atoms with E-state index in [0.29, 0.717) is 27.9 Å². The van der Waals surface area contributed by atoms with Crippen LogP contribution in [0.25, 0.3) is 86.4 Å². The zero-order chi connectivity index (χ0) is 40.6. The van der Waals surface area contributed by atoms with Crippen molar-refractivity contribution >= 4 is 61.2 Å². The first-order chi connectivity index (χ1) is 29.5. The van der Waals surface area contributed by atoms with Crippen LogP contribution in [0.3, 0.4) is 0 Å². The predicted molar refractivity (Wildman–Crippen MR) is 236 cm³/mol. The van der Waals surface area contributed by atoms with E-state index in [0.717, 1.165) is 62.0 Å². The Balaban J connectivity index is 0.976. The van der Waals surface area contributed by atoms with Gasteiger partial charge in [-0.1, -0.05) is 84.9 Å². The fourth-order valence-corrected chi connectivity index (χ4v) is 9.73. The number of aromatic nitrogens is 5. The first kappa shape index (κ1) is 37.1. The molecule has 0 amide bonds.